The molecule has 0 aliphatic rings. The third kappa shape index (κ3) is 2.71. The first-order valence-electron chi connectivity index (χ1n) is 4.77. The Morgan fingerprint density at radius 2 is 2.31 bits per heavy atom. The number of nitrogens with one attached hydrogen (secondary N) is 1. The molecule has 2 aromatic heterocycles. The largest absolute Gasteiger partial charge is 0.377 e. The highest BCUT2D eigenvalue weighted by atomic mass is 35.5. The molecule has 0 aliphatic carbocycles. The Kier molecular flexibility index (Phi) is 3.41. The molecule has 0 spiro atoms. The van der Waals surface area contributed by atoms with Crippen LogP contribution in [0.2, 0.25) is 4.34 Å². The molecule has 0 saturated carbocycles. The summed E-state index contributed by atoms with van der Waals surface area (Å²) < 4.78 is 13.4. The number of thiophene rings is 1. The Morgan fingerprint density at radius 1 is 1.50 bits per heavy atom. The maximum atomic E-state index is 12.6. The van der Waals surface area contributed by atoms with Crippen LogP contribution < -0.4 is 5.32 Å². The molecule has 0 aliphatic heterocycles. The summed E-state index contributed by atoms with van der Waals surface area (Å²) in [6, 6.07) is 5.03. The number of halogens is 2. The first kappa shape index (κ1) is 11.4. The maximum absolute atomic E-state index is 12.6. The molecular formula is C11H10ClFN2S. The topological polar surface area (TPSA) is 24.9 Å². The molecule has 0 fully saturated rings. The van der Waals surface area contributed by atoms with Gasteiger partial charge in [0.1, 0.15) is 0 Å². The van der Waals surface area contributed by atoms with E-state index in [2.05, 4.69) is 10.3 Å². The van der Waals surface area contributed by atoms with E-state index in [1.165, 1.54) is 23.6 Å². The summed E-state index contributed by atoms with van der Waals surface area (Å²) in [5.74, 6) is -0.475. The van der Waals surface area contributed by atoms with E-state index in [-0.39, 0.29) is 6.04 Å². The second-order valence-corrected chi connectivity index (χ2v) is 4.96. The lowest BCUT2D eigenvalue weighted by Crippen LogP contribution is -2.05. The van der Waals surface area contributed by atoms with Gasteiger partial charge in [-0.15, -0.1) is 11.3 Å². The first-order chi connectivity index (χ1) is 7.65. The number of hydrogen-bond donors (Lipinski definition) is 1. The third-order valence-electron chi connectivity index (χ3n) is 2.20. The molecule has 0 saturated heterocycles. The van der Waals surface area contributed by atoms with Gasteiger partial charge in [-0.05, 0) is 36.1 Å². The van der Waals surface area contributed by atoms with Crippen LogP contribution in [-0.4, -0.2) is 4.98 Å². The normalized spacial score (nSPS) is 12.4. The fraction of sp³-hybridized carbons (Fsp3) is 0.182. The van der Waals surface area contributed by atoms with E-state index in [0.717, 1.165) is 15.6 Å². The minimum atomic E-state index is -0.475. The zero-order valence-corrected chi connectivity index (χ0v) is 10.1. The molecule has 1 unspecified atom stereocenters. The predicted molar refractivity (Wildman–Crippen MR) is 65.6 cm³/mol. The SMILES string of the molecule is CC(Nc1ccc(F)nc1)c1csc(Cl)c1. The Bertz CT molecular complexity index is 469. The van der Waals surface area contributed by atoms with Crippen LogP contribution in [0.4, 0.5) is 10.1 Å². The Hall–Kier alpha value is -1.13. The van der Waals surface area contributed by atoms with Crippen molar-refractivity contribution in [3.63, 3.8) is 0 Å². The average Bonchev–Trinajstić information content (AvgIpc) is 2.68. The van der Waals surface area contributed by atoms with Crippen LogP contribution in [0.15, 0.2) is 29.8 Å². The van der Waals surface area contributed by atoms with E-state index in [4.69, 9.17) is 11.6 Å². The minimum absolute atomic E-state index is 0.121. The van der Waals surface area contributed by atoms with E-state index in [9.17, 15) is 4.39 Å². The summed E-state index contributed by atoms with van der Waals surface area (Å²) >= 11 is 7.35. The van der Waals surface area contributed by atoms with Crippen molar-refractivity contribution in [1.82, 2.24) is 4.98 Å². The summed E-state index contributed by atoms with van der Waals surface area (Å²) in [4.78, 5) is 3.58. The number of anilines is 1. The van der Waals surface area contributed by atoms with Crippen LogP contribution in [0, 0.1) is 5.95 Å². The molecule has 2 rings (SSSR count). The summed E-state index contributed by atoms with van der Waals surface area (Å²) in [6.07, 6.45) is 1.47. The van der Waals surface area contributed by atoms with Gasteiger partial charge in [-0.25, -0.2) is 4.98 Å². The number of rotatable bonds is 3. The summed E-state index contributed by atoms with van der Waals surface area (Å²) in [5, 5.41) is 5.21. The molecule has 2 aromatic rings. The van der Waals surface area contributed by atoms with E-state index in [1.54, 1.807) is 6.07 Å². The number of nitrogens with zero attached hydrogens (tertiary/aromatic N) is 1. The zero-order valence-electron chi connectivity index (χ0n) is 8.58. The fourth-order valence-corrected chi connectivity index (χ4v) is 2.33. The average molecular weight is 257 g/mol. The standard InChI is InChI=1S/C11H10ClFN2S/c1-7(8-4-10(12)16-6-8)15-9-2-3-11(13)14-5-9/h2-7,15H,1H3. The van der Waals surface area contributed by atoms with Crippen LogP contribution in [0.25, 0.3) is 0 Å². The van der Waals surface area contributed by atoms with Crippen LogP contribution in [0.1, 0.15) is 18.5 Å². The number of aromatic nitrogens is 1. The van der Waals surface area contributed by atoms with Crippen molar-refractivity contribution in [3.05, 3.63) is 45.6 Å². The van der Waals surface area contributed by atoms with Crippen molar-refractivity contribution in [2.24, 2.45) is 0 Å². The molecule has 0 radical (unpaired) electrons. The van der Waals surface area contributed by atoms with Crippen LogP contribution >= 0.6 is 22.9 Å². The molecule has 5 heteroatoms. The fourth-order valence-electron chi connectivity index (χ4n) is 1.35. The van der Waals surface area contributed by atoms with Gasteiger partial charge in [0.15, 0.2) is 0 Å². The van der Waals surface area contributed by atoms with Gasteiger partial charge in [0.05, 0.1) is 16.2 Å². The van der Waals surface area contributed by atoms with Gasteiger partial charge >= 0.3 is 0 Å². The van der Waals surface area contributed by atoms with Crippen molar-refractivity contribution in [2.45, 2.75) is 13.0 Å². The molecule has 2 heterocycles. The summed E-state index contributed by atoms with van der Waals surface area (Å²) in [6.45, 7) is 2.02. The minimum Gasteiger partial charge on any atom is -0.377 e. The van der Waals surface area contributed by atoms with Crippen LogP contribution in [0.3, 0.4) is 0 Å². The van der Waals surface area contributed by atoms with E-state index >= 15 is 0 Å². The lowest BCUT2D eigenvalue weighted by Gasteiger charge is -2.13. The molecule has 16 heavy (non-hydrogen) atoms. The summed E-state index contributed by atoms with van der Waals surface area (Å²) in [7, 11) is 0. The van der Waals surface area contributed by atoms with Crippen molar-refractivity contribution >= 4 is 28.6 Å². The molecule has 1 atom stereocenters. The van der Waals surface area contributed by atoms with Gasteiger partial charge in [-0.1, -0.05) is 11.6 Å². The van der Waals surface area contributed by atoms with Gasteiger partial charge in [0.2, 0.25) is 5.95 Å². The second-order valence-electron chi connectivity index (χ2n) is 3.42. The maximum Gasteiger partial charge on any atom is 0.212 e. The highest BCUT2D eigenvalue weighted by molar-refractivity contribution is 7.14. The molecule has 2 nitrogen and oxygen atoms in total. The van der Waals surface area contributed by atoms with Crippen molar-refractivity contribution < 1.29 is 4.39 Å². The molecule has 0 bridgehead atoms. The highest BCUT2D eigenvalue weighted by Gasteiger charge is 2.07. The lowest BCUT2D eigenvalue weighted by molar-refractivity contribution is 0.584. The van der Waals surface area contributed by atoms with E-state index in [0.29, 0.717) is 0 Å². The van der Waals surface area contributed by atoms with Gasteiger partial charge in [0, 0.05) is 6.04 Å². The lowest BCUT2D eigenvalue weighted by atomic mass is 10.2. The molecule has 0 amide bonds. The van der Waals surface area contributed by atoms with Gasteiger partial charge in [-0.3, -0.25) is 0 Å². The van der Waals surface area contributed by atoms with E-state index in [1.807, 2.05) is 18.4 Å². The monoisotopic (exact) mass is 256 g/mol. The highest BCUT2D eigenvalue weighted by Crippen LogP contribution is 2.26. The van der Waals surface area contributed by atoms with Crippen molar-refractivity contribution in [3.8, 4) is 0 Å². The van der Waals surface area contributed by atoms with Gasteiger partial charge in [-0.2, -0.15) is 4.39 Å². The van der Waals surface area contributed by atoms with Crippen LogP contribution in [0.5, 0.6) is 0 Å². The zero-order chi connectivity index (χ0) is 11.5. The van der Waals surface area contributed by atoms with E-state index < -0.39 is 5.95 Å². The van der Waals surface area contributed by atoms with Crippen molar-refractivity contribution in [2.75, 3.05) is 5.32 Å². The second kappa shape index (κ2) is 4.80. The quantitative estimate of drug-likeness (QED) is 0.836. The smallest absolute Gasteiger partial charge is 0.212 e. The summed E-state index contributed by atoms with van der Waals surface area (Å²) in [5.41, 5.74) is 1.90. The van der Waals surface area contributed by atoms with Gasteiger partial charge in [0.25, 0.3) is 0 Å². The Morgan fingerprint density at radius 3 is 2.88 bits per heavy atom. The number of hydrogen-bond acceptors (Lipinski definition) is 3. The molecular weight excluding hydrogens is 247 g/mol. The number of pyridine rings is 1. The Labute approximate surface area is 102 Å². The molecule has 84 valence electrons. The van der Waals surface area contributed by atoms with Crippen molar-refractivity contribution in [1.29, 1.82) is 0 Å². The predicted octanol–water partition coefficient (Wildman–Crippen LogP) is 4.11. The Balaban J connectivity index is 2.07. The molecule has 1 N–H and O–H groups in total. The third-order valence-corrected chi connectivity index (χ3v) is 3.31. The van der Waals surface area contributed by atoms with Crippen LogP contribution in [-0.2, 0) is 0 Å². The molecule has 0 aromatic carbocycles. The first-order valence-corrected chi connectivity index (χ1v) is 6.03. The van der Waals surface area contributed by atoms with Gasteiger partial charge < -0.3 is 5.32 Å².